The van der Waals surface area contributed by atoms with Gasteiger partial charge in [0.2, 0.25) is 0 Å². The first-order chi connectivity index (χ1) is 9.03. The van der Waals surface area contributed by atoms with E-state index in [4.69, 9.17) is 9.15 Å². The molecule has 0 saturated carbocycles. The van der Waals surface area contributed by atoms with Crippen LogP contribution in [0.2, 0.25) is 0 Å². The lowest BCUT2D eigenvalue weighted by molar-refractivity contribution is 0.126. The van der Waals surface area contributed by atoms with E-state index in [2.05, 4.69) is 5.32 Å². The van der Waals surface area contributed by atoms with Crippen LogP contribution >= 0.6 is 0 Å². The first kappa shape index (κ1) is 14.6. The number of hydrogen-bond donors (Lipinski definition) is 1. The SMILES string of the molecule is CCNCc1ccc(CS(=O)(=O)C2CCOC2C)o1. The number of nitrogens with one attached hydrogen (secondary N) is 1. The maximum atomic E-state index is 12.3. The highest BCUT2D eigenvalue weighted by Crippen LogP contribution is 2.24. The molecular formula is C13H21NO4S. The third-order valence-electron chi connectivity index (χ3n) is 3.38. The molecule has 2 heterocycles. The smallest absolute Gasteiger partial charge is 0.163 e. The zero-order valence-electron chi connectivity index (χ0n) is 11.4. The van der Waals surface area contributed by atoms with E-state index in [9.17, 15) is 8.42 Å². The lowest BCUT2D eigenvalue weighted by Crippen LogP contribution is -2.29. The van der Waals surface area contributed by atoms with E-state index >= 15 is 0 Å². The maximum Gasteiger partial charge on any atom is 0.163 e. The molecule has 6 heteroatoms. The highest BCUT2D eigenvalue weighted by atomic mass is 32.2. The first-order valence-corrected chi connectivity index (χ1v) is 8.36. The standard InChI is InChI=1S/C13H21NO4S/c1-3-14-8-11-4-5-12(18-11)9-19(15,16)13-6-7-17-10(13)2/h4-5,10,13-14H,3,6-9H2,1-2H3. The Morgan fingerprint density at radius 2 is 2.11 bits per heavy atom. The average Bonchev–Trinajstić information content (AvgIpc) is 2.95. The highest BCUT2D eigenvalue weighted by Gasteiger charge is 2.36. The molecule has 0 bridgehead atoms. The lowest BCUT2D eigenvalue weighted by Gasteiger charge is -2.13. The molecule has 1 aliphatic heterocycles. The molecule has 2 rings (SSSR count). The van der Waals surface area contributed by atoms with Crippen LogP contribution in [0.15, 0.2) is 16.5 Å². The van der Waals surface area contributed by atoms with Gasteiger partial charge in [-0.1, -0.05) is 6.92 Å². The molecule has 1 aromatic rings. The van der Waals surface area contributed by atoms with Crippen molar-refractivity contribution < 1.29 is 17.6 Å². The number of furan rings is 1. The fraction of sp³-hybridized carbons (Fsp3) is 0.692. The van der Waals surface area contributed by atoms with Gasteiger partial charge in [0.05, 0.1) is 17.9 Å². The van der Waals surface area contributed by atoms with E-state index in [0.717, 1.165) is 12.3 Å². The van der Waals surface area contributed by atoms with Crippen molar-refractivity contribution in [3.8, 4) is 0 Å². The minimum Gasteiger partial charge on any atom is -0.464 e. The quantitative estimate of drug-likeness (QED) is 0.858. The zero-order valence-corrected chi connectivity index (χ0v) is 12.2. The molecule has 0 amide bonds. The maximum absolute atomic E-state index is 12.3. The molecule has 1 aliphatic rings. The Balaban J connectivity index is 2.01. The molecule has 0 aliphatic carbocycles. The molecule has 2 atom stereocenters. The molecule has 108 valence electrons. The summed E-state index contributed by atoms with van der Waals surface area (Å²) in [6.07, 6.45) is 0.357. The average molecular weight is 287 g/mol. The Labute approximate surface area is 114 Å². The molecule has 0 spiro atoms. The van der Waals surface area contributed by atoms with Gasteiger partial charge in [0.15, 0.2) is 9.84 Å². The van der Waals surface area contributed by atoms with E-state index < -0.39 is 15.1 Å². The fourth-order valence-electron chi connectivity index (χ4n) is 2.33. The molecule has 5 nitrogen and oxygen atoms in total. The largest absolute Gasteiger partial charge is 0.464 e. The molecule has 0 radical (unpaired) electrons. The molecular weight excluding hydrogens is 266 g/mol. The van der Waals surface area contributed by atoms with E-state index in [1.807, 2.05) is 19.9 Å². The second-order valence-corrected chi connectivity index (χ2v) is 7.08. The monoisotopic (exact) mass is 287 g/mol. The van der Waals surface area contributed by atoms with Gasteiger partial charge in [-0.25, -0.2) is 8.42 Å². The number of hydrogen-bond acceptors (Lipinski definition) is 5. The van der Waals surface area contributed by atoms with Gasteiger partial charge >= 0.3 is 0 Å². The number of rotatable bonds is 6. The minimum atomic E-state index is -3.21. The zero-order chi connectivity index (χ0) is 13.9. The Morgan fingerprint density at radius 3 is 2.74 bits per heavy atom. The summed E-state index contributed by atoms with van der Waals surface area (Å²) in [6.45, 7) is 5.82. The Morgan fingerprint density at radius 1 is 1.37 bits per heavy atom. The van der Waals surface area contributed by atoms with Crippen molar-refractivity contribution in [3.63, 3.8) is 0 Å². The van der Waals surface area contributed by atoms with Gasteiger partial charge in [0.1, 0.15) is 17.3 Å². The van der Waals surface area contributed by atoms with Gasteiger partial charge in [-0.2, -0.15) is 0 Å². The van der Waals surface area contributed by atoms with Crippen LogP contribution in [-0.4, -0.2) is 32.9 Å². The molecule has 2 unspecified atom stereocenters. The van der Waals surface area contributed by atoms with Crippen molar-refractivity contribution >= 4 is 9.84 Å². The Kier molecular flexibility index (Phi) is 4.65. The van der Waals surface area contributed by atoms with Crippen molar-refractivity contribution in [2.45, 2.75) is 43.9 Å². The predicted octanol–water partition coefficient (Wildman–Crippen LogP) is 1.48. The summed E-state index contributed by atoms with van der Waals surface area (Å²) in [5.41, 5.74) is 0. The Hall–Kier alpha value is -0.850. The van der Waals surface area contributed by atoms with Gasteiger partial charge in [-0.3, -0.25) is 0 Å². The molecule has 1 fully saturated rings. The van der Waals surface area contributed by atoms with Crippen molar-refractivity contribution in [1.29, 1.82) is 0 Å². The summed E-state index contributed by atoms with van der Waals surface area (Å²) in [7, 11) is -3.21. The Bertz CT molecular complexity index is 508. The molecule has 0 aromatic carbocycles. The number of ether oxygens (including phenoxy) is 1. The third kappa shape index (κ3) is 3.58. The van der Waals surface area contributed by atoms with Crippen LogP contribution in [0, 0.1) is 0 Å². The van der Waals surface area contributed by atoms with Gasteiger partial charge in [-0.15, -0.1) is 0 Å². The predicted molar refractivity (Wildman–Crippen MR) is 72.5 cm³/mol. The summed E-state index contributed by atoms with van der Waals surface area (Å²) < 4.78 is 35.4. The number of sulfone groups is 1. The fourth-order valence-corrected chi connectivity index (χ4v) is 4.22. The van der Waals surface area contributed by atoms with Crippen LogP contribution in [0.1, 0.15) is 31.8 Å². The van der Waals surface area contributed by atoms with Crippen molar-refractivity contribution in [2.24, 2.45) is 0 Å². The van der Waals surface area contributed by atoms with E-state index in [0.29, 0.717) is 25.3 Å². The summed E-state index contributed by atoms with van der Waals surface area (Å²) in [4.78, 5) is 0. The topological polar surface area (TPSA) is 68.5 Å². The van der Waals surface area contributed by atoms with Crippen LogP contribution < -0.4 is 5.32 Å². The summed E-state index contributed by atoms with van der Waals surface area (Å²) in [5.74, 6) is 1.23. The molecule has 1 saturated heterocycles. The molecule has 1 N–H and O–H groups in total. The van der Waals surface area contributed by atoms with Crippen LogP contribution in [0.5, 0.6) is 0 Å². The summed E-state index contributed by atoms with van der Waals surface area (Å²) in [5, 5.41) is 2.73. The molecule has 1 aromatic heterocycles. The third-order valence-corrected chi connectivity index (χ3v) is 5.61. The lowest BCUT2D eigenvalue weighted by atomic mass is 10.3. The van der Waals surface area contributed by atoms with Crippen LogP contribution in [0.25, 0.3) is 0 Å². The summed E-state index contributed by atoms with van der Waals surface area (Å²) in [6, 6.07) is 3.56. The van der Waals surface area contributed by atoms with E-state index in [-0.39, 0.29) is 11.9 Å². The van der Waals surface area contributed by atoms with Crippen molar-refractivity contribution in [2.75, 3.05) is 13.2 Å². The van der Waals surface area contributed by atoms with Gasteiger partial charge in [0, 0.05) is 6.61 Å². The van der Waals surface area contributed by atoms with Gasteiger partial charge in [-0.05, 0) is 32.0 Å². The van der Waals surface area contributed by atoms with Gasteiger partial charge in [0.25, 0.3) is 0 Å². The van der Waals surface area contributed by atoms with E-state index in [1.54, 1.807) is 6.07 Å². The summed E-state index contributed by atoms with van der Waals surface area (Å²) >= 11 is 0. The second kappa shape index (κ2) is 6.07. The van der Waals surface area contributed by atoms with E-state index in [1.165, 1.54) is 0 Å². The van der Waals surface area contributed by atoms with Crippen LogP contribution in [0.3, 0.4) is 0 Å². The normalized spacial score (nSPS) is 23.9. The highest BCUT2D eigenvalue weighted by molar-refractivity contribution is 7.91. The minimum absolute atomic E-state index is 0.0442. The van der Waals surface area contributed by atoms with Crippen LogP contribution in [0.4, 0.5) is 0 Å². The van der Waals surface area contributed by atoms with Crippen LogP contribution in [-0.2, 0) is 26.9 Å². The first-order valence-electron chi connectivity index (χ1n) is 6.64. The van der Waals surface area contributed by atoms with Crippen molar-refractivity contribution in [1.82, 2.24) is 5.32 Å². The molecule has 19 heavy (non-hydrogen) atoms. The second-order valence-electron chi connectivity index (χ2n) is 4.86. The van der Waals surface area contributed by atoms with Gasteiger partial charge < -0.3 is 14.5 Å². The van der Waals surface area contributed by atoms with Crippen molar-refractivity contribution in [3.05, 3.63) is 23.7 Å².